The Morgan fingerprint density at radius 1 is 1.00 bits per heavy atom. The maximum atomic E-state index is 2.37. The molecule has 0 saturated heterocycles. The third kappa shape index (κ3) is 2.41. The molecule has 0 aliphatic heterocycles. The van der Waals surface area contributed by atoms with E-state index in [4.69, 9.17) is 0 Å². The van der Waals surface area contributed by atoms with Crippen LogP contribution in [0.3, 0.4) is 0 Å². The summed E-state index contributed by atoms with van der Waals surface area (Å²) < 4.78 is 0. The van der Waals surface area contributed by atoms with E-state index in [1.54, 1.807) is 22.3 Å². The molecule has 0 fully saturated rings. The van der Waals surface area contributed by atoms with Gasteiger partial charge in [0.1, 0.15) is 0 Å². The van der Waals surface area contributed by atoms with Crippen molar-refractivity contribution in [3.05, 3.63) is 58.7 Å². The van der Waals surface area contributed by atoms with Crippen LogP contribution in [0.15, 0.2) is 58.7 Å². The van der Waals surface area contributed by atoms with Gasteiger partial charge >= 0.3 is 0 Å². The molecule has 0 spiro atoms. The molecule has 0 aromatic heterocycles. The molecule has 0 aromatic carbocycles. The Kier molecular flexibility index (Phi) is 3.87. The number of rotatable bonds is 3. The van der Waals surface area contributed by atoms with Gasteiger partial charge in [0.25, 0.3) is 0 Å². The fraction of sp³-hybridized carbons (Fsp3) is 0.474. The fourth-order valence-corrected chi connectivity index (χ4v) is 3.75. The van der Waals surface area contributed by atoms with Crippen molar-refractivity contribution in [1.29, 1.82) is 0 Å². The minimum absolute atomic E-state index is 0.720. The summed E-state index contributed by atoms with van der Waals surface area (Å²) in [4.78, 5) is 0. The lowest BCUT2D eigenvalue weighted by Gasteiger charge is -2.19. The maximum Gasteiger partial charge on any atom is 0.00602 e. The molecule has 0 N–H and O–H groups in total. The molecule has 1 atom stereocenters. The summed E-state index contributed by atoms with van der Waals surface area (Å²) in [7, 11) is 0. The summed E-state index contributed by atoms with van der Waals surface area (Å²) >= 11 is 0. The molecule has 0 aromatic rings. The first-order chi connectivity index (χ1) is 9.42. The van der Waals surface area contributed by atoms with Crippen molar-refractivity contribution in [2.24, 2.45) is 5.92 Å². The van der Waals surface area contributed by atoms with Gasteiger partial charge in [-0.15, -0.1) is 0 Å². The van der Waals surface area contributed by atoms with Crippen molar-refractivity contribution in [3.8, 4) is 0 Å². The van der Waals surface area contributed by atoms with Crippen molar-refractivity contribution >= 4 is 0 Å². The van der Waals surface area contributed by atoms with E-state index in [1.165, 1.54) is 44.9 Å². The Bertz CT molecular complexity index is 494. The SMILES string of the molecule is CCCCC1C2=C(CCCC2)C2=C/C=C\C=C/C=C\21. The first-order valence-corrected chi connectivity index (χ1v) is 7.89. The van der Waals surface area contributed by atoms with Crippen LogP contribution in [0, 0.1) is 5.92 Å². The number of fused-ring (bicyclic) bond motifs is 2. The van der Waals surface area contributed by atoms with E-state index in [1.807, 2.05) is 0 Å². The van der Waals surface area contributed by atoms with Gasteiger partial charge in [0, 0.05) is 5.92 Å². The monoisotopic (exact) mass is 252 g/mol. The molecule has 3 rings (SSSR count). The van der Waals surface area contributed by atoms with Gasteiger partial charge in [0.2, 0.25) is 0 Å². The molecule has 3 aliphatic rings. The summed E-state index contributed by atoms with van der Waals surface area (Å²) in [5.41, 5.74) is 6.62. The smallest absolute Gasteiger partial charge is 0.00602 e. The minimum atomic E-state index is 0.720. The summed E-state index contributed by atoms with van der Waals surface area (Å²) in [6.45, 7) is 2.30. The number of hydrogen-bond acceptors (Lipinski definition) is 0. The van der Waals surface area contributed by atoms with Crippen molar-refractivity contribution in [2.75, 3.05) is 0 Å². The minimum Gasteiger partial charge on any atom is -0.0654 e. The van der Waals surface area contributed by atoms with E-state index in [-0.39, 0.29) is 0 Å². The van der Waals surface area contributed by atoms with Crippen LogP contribution < -0.4 is 0 Å². The van der Waals surface area contributed by atoms with Crippen molar-refractivity contribution < 1.29 is 0 Å². The predicted octanol–water partition coefficient (Wildman–Crippen LogP) is 5.66. The lowest BCUT2D eigenvalue weighted by Crippen LogP contribution is -2.05. The highest BCUT2D eigenvalue weighted by atomic mass is 14.4. The third-order valence-electron chi connectivity index (χ3n) is 4.66. The van der Waals surface area contributed by atoms with Crippen LogP contribution in [-0.2, 0) is 0 Å². The van der Waals surface area contributed by atoms with E-state index in [0.29, 0.717) is 0 Å². The van der Waals surface area contributed by atoms with Gasteiger partial charge in [-0.25, -0.2) is 0 Å². The Morgan fingerprint density at radius 3 is 2.63 bits per heavy atom. The topological polar surface area (TPSA) is 0 Å². The maximum absolute atomic E-state index is 2.37. The van der Waals surface area contributed by atoms with Gasteiger partial charge in [0.05, 0.1) is 0 Å². The second-order valence-corrected chi connectivity index (χ2v) is 5.88. The van der Waals surface area contributed by atoms with Crippen molar-refractivity contribution in [2.45, 2.75) is 51.9 Å². The molecule has 100 valence electrons. The lowest BCUT2D eigenvalue weighted by atomic mass is 9.86. The first-order valence-electron chi connectivity index (χ1n) is 7.89. The Labute approximate surface area is 117 Å². The van der Waals surface area contributed by atoms with Crippen LogP contribution in [0.1, 0.15) is 51.9 Å². The zero-order valence-electron chi connectivity index (χ0n) is 12.0. The highest BCUT2D eigenvalue weighted by molar-refractivity contribution is 5.61. The van der Waals surface area contributed by atoms with E-state index in [0.717, 1.165) is 5.92 Å². The summed E-state index contributed by atoms with van der Waals surface area (Å²) in [6.07, 6.45) is 22.9. The van der Waals surface area contributed by atoms with E-state index in [2.05, 4.69) is 43.4 Å². The second-order valence-electron chi connectivity index (χ2n) is 5.88. The number of allylic oxidation sites excluding steroid dienone is 10. The summed E-state index contributed by atoms with van der Waals surface area (Å²) in [6, 6.07) is 0. The molecule has 3 aliphatic carbocycles. The third-order valence-corrected chi connectivity index (χ3v) is 4.66. The van der Waals surface area contributed by atoms with Crippen LogP contribution >= 0.6 is 0 Å². The molecule has 0 nitrogen and oxygen atoms in total. The standard InChI is InChI=1S/C19H24/c1-2-3-10-15-16-11-6-4-5-7-12-17(16)19-14-9-8-13-18(15)19/h4-7,11-12,15H,2-3,8-10,13-14H2,1H3/b5-4?,6-4-,7-5-,11-6?,12-7?,16-11-,17-12+. The summed E-state index contributed by atoms with van der Waals surface area (Å²) in [5.74, 6) is 0.720. The van der Waals surface area contributed by atoms with Gasteiger partial charge in [-0.3, -0.25) is 0 Å². The van der Waals surface area contributed by atoms with Gasteiger partial charge in [0.15, 0.2) is 0 Å². The first kappa shape index (κ1) is 12.7. The van der Waals surface area contributed by atoms with Gasteiger partial charge in [-0.05, 0) is 48.8 Å². The molecule has 1 unspecified atom stereocenters. The highest BCUT2D eigenvalue weighted by Gasteiger charge is 2.33. The number of unbranched alkanes of at least 4 members (excludes halogenated alkanes) is 1. The van der Waals surface area contributed by atoms with Gasteiger partial charge < -0.3 is 0 Å². The lowest BCUT2D eigenvalue weighted by molar-refractivity contribution is 0.565. The molecule has 0 saturated carbocycles. The van der Waals surface area contributed by atoms with Crippen LogP contribution in [0.5, 0.6) is 0 Å². The predicted molar refractivity (Wildman–Crippen MR) is 83.0 cm³/mol. The molecular weight excluding hydrogens is 228 g/mol. The van der Waals surface area contributed by atoms with Crippen LogP contribution in [-0.4, -0.2) is 0 Å². The molecule has 0 heteroatoms. The molecule has 0 bridgehead atoms. The average Bonchev–Trinajstić information content (AvgIpc) is 2.69. The molecule has 0 heterocycles. The summed E-state index contributed by atoms with van der Waals surface area (Å²) in [5, 5.41) is 0. The zero-order chi connectivity index (χ0) is 13.1. The fourth-order valence-electron chi connectivity index (χ4n) is 3.75. The van der Waals surface area contributed by atoms with E-state index >= 15 is 0 Å². The van der Waals surface area contributed by atoms with Crippen LogP contribution in [0.2, 0.25) is 0 Å². The molecule has 0 amide bonds. The Hall–Kier alpha value is -1.30. The largest absolute Gasteiger partial charge is 0.0654 e. The Morgan fingerprint density at radius 2 is 1.79 bits per heavy atom. The quantitative estimate of drug-likeness (QED) is 0.608. The zero-order valence-corrected chi connectivity index (χ0v) is 12.0. The van der Waals surface area contributed by atoms with Crippen molar-refractivity contribution in [3.63, 3.8) is 0 Å². The molecular formula is C19H24. The van der Waals surface area contributed by atoms with Crippen molar-refractivity contribution in [1.82, 2.24) is 0 Å². The number of hydrogen-bond donors (Lipinski definition) is 0. The van der Waals surface area contributed by atoms with Gasteiger partial charge in [-0.1, -0.05) is 61.8 Å². The average molecular weight is 252 g/mol. The van der Waals surface area contributed by atoms with E-state index in [9.17, 15) is 0 Å². The Balaban J connectivity index is 2.00. The highest BCUT2D eigenvalue weighted by Crippen LogP contribution is 2.49. The second kappa shape index (κ2) is 5.77. The molecule has 19 heavy (non-hydrogen) atoms. The van der Waals surface area contributed by atoms with Crippen LogP contribution in [0.4, 0.5) is 0 Å². The van der Waals surface area contributed by atoms with E-state index < -0.39 is 0 Å². The van der Waals surface area contributed by atoms with Gasteiger partial charge in [-0.2, -0.15) is 0 Å². The van der Waals surface area contributed by atoms with Crippen LogP contribution in [0.25, 0.3) is 0 Å². The molecule has 0 radical (unpaired) electrons. The normalized spacial score (nSPS) is 34.3.